The Morgan fingerprint density at radius 3 is 2.33 bits per heavy atom. The van der Waals surface area contributed by atoms with E-state index in [9.17, 15) is 14.4 Å². The first-order chi connectivity index (χ1) is 12.8. The zero-order chi connectivity index (χ0) is 20.0. The predicted molar refractivity (Wildman–Crippen MR) is 102 cm³/mol. The molecule has 0 radical (unpaired) electrons. The second-order valence-electron chi connectivity index (χ2n) is 6.78. The molecule has 1 aromatic carbocycles. The van der Waals surface area contributed by atoms with Gasteiger partial charge in [-0.1, -0.05) is 31.5 Å². The van der Waals surface area contributed by atoms with Gasteiger partial charge in [-0.25, -0.2) is 0 Å². The van der Waals surface area contributed by atoms with Crippen molar-refractivity contribution in [1.29, 1.82) is 0 Å². The van der Waals surface area contributed by atoms with Crippen molar-refractivity contribution in [3.8, 4) is 0 Å². The summed E-state index contributed by atoms with van der Waals surface area (Å²) in [6, 6.07) is 9.75. The summed E-state index contributed by atoms with van der Waals surface area (Å²) in [6.07, 6.45) is 1.39. The zero-order valence-corrected chi connectivity index (χ0v) is 16.0. The van der Waals surface area contributed by atoms with E-state index < -0.39 is 11.9 Å². The average molecular weight is 371 g/mol. The summed E-state index contributed by atoms with van der Waals surface area (Å²) < 4.78 is 5.05. The van der Waals surface area contributed by atoms with E-state index in [4.69, 9.17) is 4.42 Å². The van der Waals surface area contributed by atoms with E-state index in [2.05, 4.69) is 10.6 Å². The Morgan fingerprint density at radius 2 is 1.78 bits per heavy atom. The molecule has 7 heteroatoms. The van der Waals surface area contributed by atoms with Gasteiger partial charge in [-0.2, -0.15) is 0 Å². The maximum atomic E-state index is 12.7. The third-order valence-electron chi connectivity index (χ3n) is 4.06. The van der Waals surface area contributed by atoms with Gasteiger partial charge in [0.1, 0.15) is 6.04 Å². The van der Waals surface area contributed by atoms with Gasteiger partial charge in [0.2, 0.25) is 11.8 Å². The molecular formula is C20H25N3O4. The van der Waals surface area contributed by atoms with Crippen LogP contribution in [0.2, 0.25) is 0 Å². The molecule has 1 unspecified atom stereocenters. The number of nitrogens with zero attached hydrogens (tertiary/aromatic N) is 1. The Balaban J connectivity index is 1.96. The van der Waals surface area contributed by atoms with Crippen LogP contribution in [0.4, 0.5) is 5.69 Å². The molecule has 0 bridgehead atoms. The second-order valence-corrected chi connectivity index (χ2v) is 6.78. The first kappa shape index (κ1) is 20.2. The molecule has 7 nitrogen and oxygen atoms in total. The third-order valence-corrected chi connectivity index (χ3v) is 4.06. The van der Waals surface area contributed by atoms with Crippen molar-refractivity contribution in [3.63, 3.8) is 0 Å². The van der Waals surface area contributed by atoms with Crippen LogP contribution in [0.5, 0.6) is 0 Å². The molecule has 0 saturated heterocycles. The van der Waals surface area contributed by atoms with E-state index in [0.29, 0.717) is 5.69 Å². The number of hydrogen-bond donors (Lipinski definition) is 2. The monoisotopic (exact) mass is 371 g/mol. The number of hydrogen-bond acceptors (Lipinski definition) is 4. The smallest absolute Gasteiger partial charge is 0.287 e. The van der Waals surface area contributed by atoms with Gasteiger partial charge in [0.05, 0.1) is 12.8 Å². The number of carbonyl (C=O) groups excluding carboxylic acids is 3. The van der Waals surface area contributed by atoms with E-state index in [1.54, 1.807) is 18.2 Å². The van der Waals surface area contributed by atoms with Crippen LogP contribution in [-0.4, -0.2) is 42.3 Å². The van der Waals surface area contributed by atoms with E-state index in [1.165, 1.54) is 24.3 Å². The highest BCUT2D eigenvalue weighted by atomic mass is 16.3. The number of aryl methyl sites for hydroxylation is 1. The van der Waals surface area contributed by atoms with Gasteiger partial charge in [0.15, 0.2) is 5.76 Å². The molecule has 0 aliphatic heterocycles. The summed E-state index contributed by atoms with van der Waals surface area (Å²) in [4.78, 5) is 38.4. The number of rotatable bonds is 7. The Morgan fingerprint density at radius 1 is 1.11 bits per heavy atom. The van der Waals surface area contributed by atoms with Crippen LogP contribution >= 0.6 is 0 Å². The van der Waals surface area contributed by atoms with Crippen molar-refractivity contribution in [3.05, 3.63) is 54.0 Å². The normalized spacial score (nSPS) is 11.7. The number of furan rings is 1. The van der Waals surface area contributed by atoms with Crippen LogP contribution in [0.15, 0.2) is 47.1 Å². The van der Waals surface area contributed by atoms with Crippen molar-refractivity contribution in [1.82, 2.24) is 10.2 Å². The molecule has 2 aromatic rings. The van der Waals surface area contributed by atoms with E-state index >= 15 is 0 Å². The van der Waals surface area contributed by atoms with Gasteiger partial charge in [0.25, 0.3) is 5.91 Å². The molecule has 0 aliphatic carbocycles. The first-order valence-corrected chi connectivity index (χ1v) is 8.73. The number of benzene rings is 1. The van der Waals surface area contributed by atoms with Gasteiger partial charge in [-0.3, -0.25) is 14.4 Å². The van der Waals surface area contributed by atoms with Crippen LogP contribution in [0.1, 0.15) is 30.0 Å². The zero-order valence-electron chi connectivity index (χ0n) is 16.0. The SMILES string of the molecule is Cc1ccc(NC(=O)CN(C)C(=O)C(NC(=O)c2ccco2)C(C)C)cc1. The third kappa shape index (κ3) is 5.70. The van der Waals surface area contributed by atoms with Crippen LogP contribution < -0.4 is 10.6 Å². The lowest BCUT2D eigenvalue weighted by molar-refractivity contribution is -0.135. The summed E-state index contributed by atoms with van der Waals surface area (Å²) in [5.74, 6) is -1.14. The first-order valence-electron chi connectivity index (χ1n) is 8.73. The van der Waals surface area contributed by atoms with Crippen LogP contribution in [0, 0.1) is 12.8 Å². The van der Waals surface area contributed by atoms with Crippen molar-refractivity contribution in [2.45, 2.75) is 26.8 Å². The van der Waals surface area contributed by atoms with Crippen LogP contribution in [0.3, 0.4) is 0 Å². The molecule has 0 aliphatic rings. The van der Waals surface area contributed by atoms with Gasteiger partial charge >= 0.3 is 0 Å². The maximum absolute atomic E-state index is 12.7. The summed E-state index contributed by atoms with van der Waals surface area (Å²) in [5.41, 5.74) is 1.75. The van der Waals surface area contributed by atoms with E-state index in [1.807, 2.05) is 32.9 Å². The molecule has 1 heterocycles. The van der Waals surface area contributed by atoms with Crippen LogP contribution in [-0.2, 0) is 9.59 Å². The molecule has 0 spiro atoms. The number of likely N-dealkylation sites (N-methyl/N-ethyl adjacent to an activating group) is 1. The Kier molecular flexibility index (Phi) is 6.76. The topological polar surface area (TPSA) is 91.7 Å². The predicted octanol–water partition coefficient (Wildman–Crippen LogP) is 2.44. The second kappa shape index (κ2) is 9.02. The quantitative estimate of drug-likeness (QED) is 0.782. The lowest BCUT2D eigenvalue weighted by Crippen LogP contribution is -2.51. The number of carbonyl (C=O) groups is 3. The molecule has 2 rings (SSSR count). The largest absolute Gasteiger partial charge is 0.459 e. The minimum Gasteiger partial charge on any atom is -0.459 e. The highest BCUT2D eigenvalue weighted by molar-refractivity contribution is 5.98. The van der Waals surface area contributed by atoms with Crippen molar-refractivity contribution in [2.24, 2.45) is 5.92 Å². The summed E-state index contributed by atoms with van der Waals surface area (Å²) >= 11 is 0. The molecule has 2 N–H and O–H groups in total. The number of anilines is 1. The van der Waals surface area contributed by atoms with Crippen molar-refractivity contribution >= 4 is 23.4 Å². The highest BCUT2D eigenvalue weighted by Crippen LogP contribution is 2.10. The Bertz CT molecular complexity index is 782. The average Bonchev–Trinajstić information content (AvgIpc) is 3.15. The molecule has 27 heavy (non-hydrogen) atoms. The molecule has 1 aromatic heterocycles. The van der Waals surface area contributed by atoms with Crippen LogP contribution in [0.25, 0.3) is 0 Å². The molecule has 0 fully saturated rings. The standard InChI is InChI=1S/C20H25N3O4/c1-13(2)18(22-19(25)16-6-5-11-27-16)20(26)23(4)12-17(24)21-15-9-7-14(3)8-10-15/h5-11,13,18H,12H2,1-4H3,(H,21,24)(H,22,25). The fourth-order valence-corrected chi connectivity index (χ4v) is 2.50. The molecule has 3 amide bonds. The summed E-state index contributed by atoms with van der Waals surface area (Å²) in [5, 5.41) is 5.42. The van der Waals surface area contributed by atoms with Gasteiger partial charge < -0.3 is 20.0 Å². The lowest BCUT2D eigenvalue weighted by atomic mass is 10.0. The minimum atomic E-state index is -0.764. The van der Waals surface area contributed by atoms with E-state index in [-0.39, 0.29) is 30.0 Å². The van der Waals surface area contributed by atoms with Gasteiger partial charge in [0, 0.05) is 12.7 Å². The molecule has 144 valence electrons. The maximum Gasteiger partial charge on any atom is 0.287 e. The molecule has 0 saturated carbocycles. The fourth-order valence-electron chi connectivity index (χ4n) is 2.50. The number of nitrogens with one attached hydrogen (secondary N) is 2. The molecule has 1 atom stereocenters. The minimum absolute atomic E-state index is 0.118. The van der Waals surface area contributed by atoms with E-state index in [0.717, 1.165) is 5.56 Å². The highest BCUT2D eigenvalue weighted by Gasteiger charge is 2.28. The Hall–Kier alpha value is -3.09. The fraction of sp³-hybridized carbons (Fsp3) is 0.350. The Labute approximate surface area is 158 Å². The summed E-state index contributed by atoms with van der Waals surface area (Å²) in [6.45, 7) is 5.49. The summed E-state index contributed by atoms with van der Waals surface area (Å²) in [7, 11) is 1.53. The number of amides is 3. The molecular weight excluding hydrogens is 346 g/mol. The van der Waals surface area contributed by atoms with Crippen molar-refractivity contribution in [2.75, 3.05) is 18.9 Å². The lowest BCUT2D eigenvalue weighted by Gasteiger charge is -2.26. The van der Waals surface area contributed by atoms with Gasteiger partial charge in [-0.15, -0.1) is 0 Å². The van der Waals surface area contributed by atoms with Gasteiger partial charge in [-0.05, 0) is 37.1 Å². The van der Waals surface area contributed by atoms with Crippen molar-refractivity contribution < 1.29 is 18.8 Å².